The molecule has 0 spiro atoms. The molecule has 3 fully saturated rings. The van der Waals surface area contributed by atoms with Crippen molar-refractivity contribution in [2.75, 3.05) is 13.1 Å². The number of amides is 1. The quantitative estimate of drug-likeness (QED) is 0.546. The Morgan fingerprint density at radius 2 is 1.80 bits per heavy atom. The van der Waals surface area contributed by atoms with E-state index in [4.69, 9.17) is 5.11 Å². The molecule has 2 bridgehead atoms. The van der Waals surface area contributed by atoms with Crippen LogP contribution in [-0.4, -0.2) is 29.2 Å². The molecule has 56 valence electrons. The summed E-state index contributed by atoms with van der Waals surface area (Å²) in [5.41, 5.74) is 0. The Kier molecular flexibility index (Phi) is 1.13. The maximum Gasteiger partial charge on any atom is 0.407 e. The zero-order valence-corrected chi connectivity index (χ0v) is 5.79. The highest BCUT2D eigenvalue weighted by atomic mass is 16.4. The van der Waals surface area contributed by atoms with Crippen LogP contribution >= 0.6 is 0 Å². The second-order valence-electron chi connectivity index (χ2n) is 3.39. The van der Waals surface area contributed by atoms with E-state index < -0.39 is 6.09 Å². The second-order valence-corrected chi connectivity index (χ2v) is 3.39. The van der Waals surface area contributed by atoms with E-state index in [-0.39, 0.29) is 0 Å². The minimum Gasteiger partial charge on any atom is -0.465 e. The van der Waals surface area contributed by atoms with E-state index in [0.717, 1.165) is 13.1 Å². The van der Waals surface area contributed by atoms with Crippen LogP contribution in [0.3, 0.4) is 0 Å². The largest absolute Gasteiger partial charge is 0.465 e. The van der Waals surface area contributed by atoms with E-state index in [9.17, 15) is 4.79 Å². The SMILES string of the molecule is O=C(O)N1CC2CC(C2)C1. The Morgan fingerprint density at radius 1 is 1.30 bits per heavy atom. The van der Waals surface area contributed by atoms with Gasteiger partial charge in [-0.3, -0.25) is 0 Å². The molecule has 0 aromatic rings. The van der Waals surface area contributed by atoms with E-state index in [1.165, 1.54) is 12.8 Å². The summed E-state index contributed by atoms with van der Waals surface area (Å²) in [6, 6.07) is 0. The molecule has 0 atom stereocenters. The van der Waals surface area contributed by atoms with Crippen molar-refractivity contribution in [2.24, 2.45) is 11.8 Å². The summed E-state index contributed by atoms with van der Waals surface area (Å²) in [4.78, 5) is 12.0. The van der Waals surface area contributed by atoms with Crippen molar-refractivity contribution >= 4 is 6.09 Å². The Morgan fingerprint density at radius 3 is 2.10 bits per heavy atom. The van der Waals surface area contributed by atoms with Crippen LogP contribution in [-0.2, 0) is 0 Å². The molecule has 3 rings (SSSR count). The van der Waals surface area contributed by atoms with E-state index >= 15 is 0 Å². The lowest BCUT2D eigenvalue weighted by Gasteiger charge is -2.45. The number of hydrogen-bond donors (Lipinski definition) is 1. The van der Waals surface area contributed by atoms with Gasteiger partial charge in [-0.1, -0.05) is 0 Å². The molecule has 10 heavy (non-hydrogen) atoms. The van der Waals surface area contributed by atoms with Crippen molar-refractivity contribution in [3.05, 3.63) is 0 Å². The average Bonchev–Trinajstić information content (AvgIpc) is 1.86. The Balaban J connectivity index is 1.97. The summed E-state index contributed by atoms with van der Waals surface area (Å²) in [6.07, 6.45) is 1.79. The first-order chi connectivity index (χ1) is 4.75. The van der Waals surface area contributed by atoms with Gasteiger partial charge in [-0.2, -0.15) is 0 Å². The predicted molar refractivity (Wildman–Crippen MR) is 35.8 cm³/mol. The van der Waals surface area contributed by atoms with Gasteiger partial charge >= 0.3 is 6.09 Å². The summed E-state index contributed by atoms with van der Waals surface area (Å²) in [5.74, 6) is 1.38. The molecule has 0 aromatic carbocycles. The lowest BCUT2D eigenvalue weighted by Crippen LogP contribution is -2.50. The molecule has 0 unspecified atom stereocenters. The predicted octanol–water partition coefficient (Wildman–Crippen LogP) is 1.01. The average molecular weight is 141 g/mol. The van der Waals surface area contributed by atoms with Crippen molar-refractivity contribution in [3.8, 4) is 0 Å². The van der Waals surface area contributed by atoms with Crippen molar-refractivity contribution in [3.63, 3.8) is 0 Å². The molecule has 2 aliphatic heterocycles. The van der Waals surface area contributed by atoms with Gasteiger partial charge < -0.3 is 10.0 Å². The van der Waals surface area contributed by atoms with Crippen molar-refractivity contribution < 1.29 is 9.90 Å². The molecule has 0 aromatic heterocycles. The summed E-state index contributed by atoms with van der Waals surface area (Å²) >= 11 is 0. The Hall–Kier alpha value is -0.730. The lowest BCUT2D eigenvalue weighted by molar-refractivity contribution is 0.0312. The minimum absolute atomic E-state index is 0.690. The summed E-state index contributed by atoms with van der Waals surface area (Å²) in [5, 5.41) is 8.60. The zero-order chi connectivity index (χ0) is 7.14. The smallest absolute Gasteiger partial charge is 0.407 e. The second kappa shape index (κ2) is 1.87. The highest BCUT2D eigenvalue weighted by Gasteiger charge is 2.38. The van der Waals surface area contributed by atoms with Crippen LogP contribution in [0.2, 0.25) is 0 Å². The van der Waals surface area contributed by atoms with Crippen LogP contribution in [0.5, 0.6) is 0 Å². The van der Waals surface area contributed by atoms with Crippen molar-refractivity contribution in [2.45, 2.75) is 12.8 Å². The fraction of sp³-hybridized carbons (Fsp3) is 0.857. The monoisotopic (exact) mass is 141 g/mol. The molecule has 3 aliphatic rings. The van der Waals surface area contributed by atoms with Gasteiger partial charge in [0.05, 0.1) is 0 Å². The summed E-state index contributed by atoms with van der Waals surface area (Å²) < 4.78 is 0. The van der Waals surface area contributed by atoms with Gasteiger partial charge in [-0.05, 0) is 24.7 Å². The van der Waals surface area contributed by atoms with Gasteiger partial charge in [0.2, 0.25) is 0 Å². The lowest BCUT2D eigenvalue weighted by atomic mass is 9.71. The molecule has 1 amide bonds. The molecular formula is C7H11NO2. The van der Waals surface area contributed by atoms with Crippen LogP contribution in [0.25, 0.3) is 0 Å². The normalized spacial score (nSPS) is 37.0. The third-order valence-electron chi connectivity index (χ3n) is 2.56. The fourth-order valence-electron chi connectivity index (χ4n) is 2.03. The highest BCUT2D eigenvalue weighted by Crippen LogP contribution is 2.39. The first-order valence-electron chi connectivity index (χ1n) is 3.73. The molecule has 1 N–H and O–H groups in total. The van der Waals surface area contributed by atoms with Crippen LogP contribution in [0.4, 0.5) is 4.79 Å². The van der Waals surface area contributed by atoms with E-state index in [2.05, 4.69) is 0 Å². The molecule has 1 aliphatic carbocycles. The fourth-order valence-corrected chi connectivity index (χ4v) is 2.03. The van der Waals surface area contributed by atoms with Gasteiger partial charge in [-0.25, -0.2) is 4.79 Å². The number of nitrogens with zero attached hydrogens (tertiary/aromatic N) is 1. The van der Waals surface area contributed by atoms with E-state index in [0.29, 0.717) is 11.8 Å². The van der Waals surface area contributed by atoms with E-state index in [1.807, 2.05) is 0 Å². The molecule has 2 saturated heterocycles. The molecule has 1 saturated carbocycles. The van der Waals surface area contributed by atoms with Gasteiger partial charge in [0.25, 0.3) is 0 Å². The van der Waals surface area contributed by atoms with Crippen LogP contribution in [0, 0.1) is 11.8 Å². The van der Waals surface area contributed by atoms with Gasteiger partial charge in [0.15, 0.2) is 0 Å². The minimum atomic E-state index is -0.741. The van der Waals surface area contributed by atoms with Crippen LogP contribution in [0.1, 0.15) is 12.8 Å². The van der Waals surface area contributed by atoms with Crippen LogP contribution in [0.15, 0.2) is 0 Å². The molecule has 3 heteroatoms. The molecule has 3 nitrogen and oxygen atoms in total. The summed E-state index contributed by atoms with van der Waals surface area (Å²) in [7, 11) is 0. The van der Waals surface area contributed by atoms with Gasteiger partial charge in [0, 0.05) is 13.1 Å². The number of carbonyl (C=O) groups is 1. The van der Waals surface area contributed by atoms with E-state index in [1.54, 1.807) is 4.90 Å². The number of carboxylic acid groups (broad SMARTS) is 1. The molecule has 0 radical (unpaired) electrons. The summed E-state index contributed by atoms with van der Waals surface area (Å²) in [6.45, 7) is 1.57. The third-order valence-corrected chi connectivity index (χ3v) is 2.56. The number of hydrogen-bond acceptors (Lipinski definition) is 1. The Bertz CT molecular complexity index is 153. The molecule has 2 heterocycles. The third kappa shape index (κ3) is 0.770. The van der Waals surface area contributed by atoms with Crippen molar-refractivity contribution in [1.82, 2.24) is 4.90 Å². The standard InChI is InChI=1S/C7H11NO2/c9-7(10)8-3-5-1-6(2-5)4-8/h5-6H,1-4H2,(H,9,10). The van der Waals surface area contributed by atoms with Crippen molar-refractivity contribution in [1.29, 1.82) is 0 Å². The first kappa shape index (κ1) is 6.01. The molecular weight excluding hydrogens is 130 g/mol. The number of piperidine rings is 2. The van der Waals surface area contributed by atoms with Gasteiger partial charge in [0.1, 0.15) is 0 Å². The number of rotatable bonds is 0. The zero-order valence-electron chi connectivity index (χ0n) is 5.79. The maximum absolute atomic E-state index is 10.4. The number of fused-ring (bicyclic) bond motifs is 2. The van der Waals surface area contributed by atoms with Gasteiger partial charge in [-0.15, -0.1) is 0 Å². The van der Waals surface area contributed by atoms with Crippen LogP contribution < -0.4 is 0 Å². The highest BCUT2D eigenvalue weighted by molar-refractivity contribution is 5.65. The Labute approximate surface area is 59.6 Å². The first-order valence-corrected chi connectivity index (χ1v) is 3.73. The maximum atomic E-state index is 10.4. The topological polar surface area (TPSA) is 40.5 Å².